The number of nitrogens with zero attached hydrogens (tertiary/aromatic N) is 1. The molecule has 362 valence electrons. The van der Waals surface area contributed by atoms with Gasteiger partial charge in [-0.2, -0.15) is 0 Å². The maximum Gasteiger partial charge on any atom is 0.330 e. The van der Waals surface area contributed by atoms with Crippen LogP contribution in [0.3, 0.4) is 0 Å². The number of rotatable bonds is 6. The Morgan fingerprint density at radius 1 is 0.889 bits per heavy atom. The molecule has 16 atom stereocenters. The number of aliphatic hydroxyl groups is 6. The summed E-state index contributed by atoms with van der Waals surface area (Å²) in [5, 5.41) is 69.4. The first-order valence-corrected chi connectivity index (χ1v) is 23.9. The van der Waals surface area contributed by atoms with E-state index in [0.29, 0.717) is 44.9 Å². The summed E-state index contributed by atoms with van der Waals surface area (Å²) in [5.74, 6) is -2.36. The zero-order valence-corrected chi connectivity index (χ0v) is 39.9. The van der Waals surface area contributed by atoms with Crippen molar-refractivity contribution in [1.29, 1.82) is 0 Å². The van der Waals surface area contributed by atoms with Crippen LogP contribution in [-0.4, -0.2) is 145 Å². The highest BCUT2D eigenvalue weighted by molar-refractivity contribution is 5.82. The van der Waals surface area contributed by atoms with Crippen molar-refractivity contribution in [2.24, 2.45) is 11.8 Å². The Morgan fingerprint density at radius 3 is 2.30 bits per heavy atom. The quantitative estimate of drug-likeness (QED) is 0.177. The van der Waals surface area contributed by atoms with E-state index in [1.54, 1.807) is 0 Å². The lowest BCUT2D eigenvalue weighted by molar-refractivity contribution is -0.340. The summed E-state index contributed by atoms with van der Waals surface area (Å²) in [4.78, 5) is 15.8. The molecular formula is C49H83NO13. The minimum Gasteiger partial charge on any atom is -0.491 e. The van der Waals surface area contributed by atoms with Gasteiger partial charge < -0.3 is 64.0 Å². The van der Waals surface area contributed by atoms with Crippen molar-refractivity contribution in [3.63, 3.8) is 0 Å². The molecule has 5 aliphatic rings. The van der Waals surface area contributed by atoms with Crippen LogP contribution < -0.4 is 0 Å². The van der Waals surface area contributed by atoms with Gasteiger partial charge in [0.1, 0.15) is 35.3 Å². The fourth-order valence-electron chi connectivity index (χ4n) is 10.4. The van der Waals surface area contributed by atoms with Crippen molar-refractivity contribution < 1.29 is 63.9 Å². The molecule has 5 rings (SSSR count). The molecule has 14 nitrogen and oxygen atoms in total. The molecule has 6 N–H and O–H groups in total. The molecule has 0 aromatic rings. The van der Waals surface area contributed by atoms with Crippen molar-refractivity contribution in [2.45, 2.75) is 242 Å². The second-order valence-electron chi connectivity index (χ2n) is 20.9. The Morgan fingerprint density at radius 2 is 1.62 bits per heavy atom. The van der Waals surface area contributed by atoms with E-state index < -0.39 is 83.5 Å². The third-order valence-corrected chi connectivity index (χ3v) is 14.5. The van der Waals surface area contributed by atoms with Gasteiger partial charge in [0, 0.05) is 49.6 Å². The van der Waals surface area contributed by atoms with Crippen molar-refractivity contribution in [3.05, 3.63) is 35.6 Å². The maximum atomic E-state index is 13.7. The van der Waals surface area contributed by atoms with E-state index in [-0.39, 0.29) is 37.0 Å². The number of aliphatic hydroxyl groups excluding tert-OH is 4. The van der Waals surface area contributed by atoms with E-state index in [2.05, 4.69) is 30.9 Å². The standard InChI is InChI=1S/C49H83NO13/c1-11-34(51)26-35-19-17-24-49(61-35)29-39-30(2)37(63-49)27-38-33(28-46(5,6)62-38)18-15-13-12-14-16-23-47(7,56)45(55)43(60-41-21-20-36(50(9)10)32(4)58-41)42(53)31(3)44(54)48(8,57)25-22-40(52)59-39/h15,18,22,25,30-32,34-37,39,41-45,51,53-57H,11-14,16-17,19-21,23-24,26-29H2,1-10H3/b18-15-,25-22+. The first-order valence-electron chi connectivity index (χ1n) is 23.9. The molecule has 14 heteroatoms. The molecule has 0 aromatic carbocycles. The number of ether oxygens (including phenoxy) is 6. The Kier molecular flexibility index (Phi) is 18.0. The molecule has 63 heavy (non-hydrogen) atoms. The van der Waals surface area contributed by atoms with Crippen LogP contribution in [0.1, 0.15) is 152 Å². The lowest BCUT2D eigenvalue weighted by atomic mass is 9.79. The normalized spacial score (nSPS) is 44.2. The van der Waals surface area contributed by atoms with Crippen molar-refractivity contribution >= 4 is 5.97 Å². The fraction of sp³-hybridized carbons (Fsp3) is 0.857. The number of esters is 1. The van der Waals surface area contributed by atoms with E-state index in [4.69, 9.17) is 28.4 Å². The molecule has 0 aliphatic carbocycles. The monoisotopic (exact) mass is 894 g/mol. The third-order valence-electron chi connectivity index (χ3n) is 14.5. The van der Waals surface area contributed by atoms with Crippen LogP contribution in [0.5, 0.6) is 0 Å². The molecule has 0 aromatic heterocycles. The molecular weight excluding hydrogens is 811 g/mol. The summed E-state index contributed by atoms with van der Waals surface area (Å²) >= 11 is 0. The highest BCUT2D eigenvalue weighted by Gasteiger charge is 2.52. The van der Waals surface area contributed by atoms with Crippen molar-refractivity contribution in [3.8, 4) is 0 Å². The lowest BCUT2D eigenvalue weighted by Crippen LogP contribution is -2.58. The van der Waals surface area contributed by atoms with Crippen LogP contribution in [0.4, 0.5) is 0 Å². The molecule has 1 spiro atoms. The second kappa shape index (κ2) is 21.8. The first-order chi connectivity index (χ1) is 29.5. The molecule has 0 amide bonds. The number of fused-ring (bicyclic) bond motifs is 2. The van der Waals surface area contributed by atoms with Crippen LogP contribution in [0, 0.1) is 11.8 Å². The summed E-state index contributed by atoms with van der Waals surface area (Å²) in [6, 6.07) is 0.140. The Bertz CT molecular complexity index is 1580. The topological polar surface area (TPSA) is 197 Å². The zero-order chi connectivity index (χ0) is 46.5. The third kappa shape index (κ3) is 13.6. The van der Waals surface area contributed by atoms with Crippen LogP contribution >= 0.6 is 0 Å². The predicted molar refractivity (Wildman–Crippen MR) is 238 cm³/mol. The average Bonchev–Trinajstić information content (AvgIpc) is 3.50. The summed E-state index contributed by atoms with van der Waals surface area (Å²) in [7, 11) is 3.96. The number of carbonyl (C=O) groups is 1. The van der Waals surface area contributed by atoms with Gasteiger partial charge >= 0.3 is 5.97 Å². The first kappa shape index (κ1) is 52.0. The van der Waals surface area contributed by atoms with Crippen LogP contribution in [0.15, 0.2) is 35.6 Å². The fourth-order valence-corrected chi connectivity index (χ4v) is 10.4. The number of likely N-dealkylation sites (N-methyl/N-ethyl adjacent to an activating group) is 1. The van der Waals surface area contributed by atoms with Gasteiger partial charge in [0.15, 0.2) is 12.1 Å². The number of hydrogen-bond acceptors (Lipinski definition) is 14. The van der Waals surface area contributed by atoms with E-state index >= 15 is 0 Å². The van der Waals surface area contributed by atoms with Crippen LogP contribution in [-0.2, 0) is 33.2 Å². The SMILES string of the molecule is CCC(O)CC1CCCC2(CC3OC(=O)/C=C/C(C)(O)C(O)C(C)C(O)C(OC4CCC(N(C)C)C(C)O4)C(O)C(C)(O)CCCCC/C=C\C4=C(CC(O2)C3C)OC(C)(C)C4)O1. The highest BCUT2D eigenvalue weighted by Crippen LogP contribution is 2.46. The molecule has 16 unspecified atom stereocenters. The molecule has 3 saturated heterocycles. The number of hydrogen-bond donors (Lipinski definition) is 6. The Balaban J connectivity index is 1.44. The van der Waals surface area contributed by atoms with Gasteiger partial charge in [0.2, 0.25) is 0 Å². The van der Waals surface area contributed by atoms with Crippen molar-refractivity contribution in [2.75, 3.05) is 14.1 Å². The van der Waals surface area contributed by atoms with E-state index in [9.17, 15) is 35.4 Å². The molecule has 5 aliphatic heterocycles. The molecule has 2 bridgehead atoms. The van der Waals surface area contributed by atoms with E-state index in [1.165, 1.54) is 20.8 Å². The van der Waals surface area contributed by atoms with E-state index in [1.807, 2.05) is 34.9 Å². The number of carbonyl (C=O) groups excluding carboxylic acids is 1. The maximum absolute atomic E-state index is 13.7. The zero-order valence-electron chi connectivity index (χ0n) is 39.9. The largest absolute Gasteiger partial charge is 0.491 e. The lowest BCUT2D eigenvalue weighted by Gasteiger charge is -2.50. The van der Waals surface area contributed by atoms with Crippen molar-refractivity contribution in [1.82, 2.24) is 4.90 Å². The predicted octanol–water partition coefficient (Wildman–Crippen LogP) is 5.73. The Labute approximate surface area is 377 Å². The van der Waals surface area contributed by atoms with Crippen LogP contribution in [0.2, 0.25) is 0 Å². The average molecular weight is 894 g/mol. The Hall–Kier alpha value is -1.95. The molecule has 0 saturated carbocycles. The molecule has 3 fully saturated rings. The van der Waals surface area contributed by atoms with Gasteiger partial charge in [-0.1, -0.05) is 45.8 Å². The summed E-state index contributed by atoms with van der Waals surface area (Å²) < 4.78 is 39.0. The summed E-state index contributed by atoms with van der Waals surface area (Å²) in [6.07, 6.45) is 6.64. The van der Waals surface area contributed by atoms with Gasteiger partial charge in [-0.05, 0) is 118 Å². The summed E-state index contributed by atoms with van der Waals surface area (Å²) in [5.41, 5.74) is -3.08. The second-order valence-corrected chi connectivity index (χ2v) is 20.9. The van der Waals surface area contributed by atoms with Gasteiger partial charge in [-0.25, -0.2) is 4.79 Å². The molecule has 0 radical (unpaired) electrons. The van der Waals surface area contributed by atoms with Gasteiger partial charge in [-0.3, -0.25) is 0 Å². The number of allylic oxidation sites excluding steroid dienone is 2. The van der Waals surface area contributed by atoms with E-state index in [0.717, 1.165) is 62.0 Å². The van der Waals surface area contributed by atoms with Gasteiger partial charge in [-0.15, -0.1) is 0 Å². The van der Waals surface area contributed by atoms with Gasteiger partial charge in [0.05, 0.1) is 42.2 Å². The minimum atomic E-state index is -2.05. The minimum absolute atomic E-state index is 0.140. The van der Waals surface area contributed by atoms with Gasteiger partial charge in [0.25, 0.3) is 0 Å². The molecule has 5 heterocycles. The summed E-state index contributed by atoms with van der Waals surface area (Å²) in [6.45, 7) is 14.4. The highest BCUT2D eigenvalue weighted by atomic mass is 16.7. The smallest absolute Gasteiger partial charge is 0.330 e. The van der Waals surface area contributed by atoms with Crippen LogP contribution in [0.25, 0.3) is 0 Å².